The molecule has 0 aliphatic heterocycles. The second-order valence-electron chi connectivity index (χ2n) is 10.8. The molecule has 0 aromatic carbocycles. The van der Waals surface area contributed by atoms with E-state index in [1.807, 2.05) is 6.92 Å². The minimum atomic E-state index is -1.58. The van der Waals surface area contributed by atoms with Crippen LogP contribution >= 0.6 is 0 Å². The number of carbonyl (C=O) groups is 1. The zero-order valence-electron chi connectivity index (χ0n) is 21.1. The minimum Gasteiger partial charge on any atom is -0.463 e. The third-order valence-electron chi connectivity index (χ3n) is 9.18. The smallest absolute Gasteiger partial charge is 0.330 e. The van der Waals surface area contributed by atoms with Crippen LogP contribution in [0.1, 0.15) is 87.5 Å². The highest BCUT2D eigenvalue weighted by Crippen LogP contribution is 2.61. The molecule has 5 atom stereocenters. The number of rotatable bonds is 10. The van der Waals surface area contributed by atoms with Crippen LogP contribution in [-0.4, -0.2) is 27.0 Å². The first-order valence-corrected chi connectivity index (χ1v) is 15.2. The average Bonchev–Trinajstić information content (AvgIpc) is 3.08. The molecule has 0 spiro atoms. The van der Waals surface area contributed by atoms with E-state index >= 15 is 0 Å². The molecule has 2 rings (SSSR count). The summed E-state index contributed by atoms with van der Waals surface area (Å²) in [5, 5.41) is 0. The first-order valence-electron chi connectivity index (χ1n) is 12.6. The Morgan fingerprint density at radius 2 is 1.77 bits per heavy atom. The van der Waals surface area contributed by atoms with Gasteiger partial charge in [-0.05, 0) is 79.3 Å². The maximum atomic E-state index is 11.9. The van der Waals surface area contributed by atoms with Gasteiger partial charge in [0.1, 0.15) is 0 Å². The Hall–Kier alpha value is -0.613. The number of esters is 1. The summed E-state index contributed by atoms with van der Waals surface area (Å²) in [4.78, 5) is 11.9. The summed E-state index contributed by atoms with van der Waals surface area (Å²) in [5.41, 5.74) is 0.324. The Bertz CT molecular complexity index is 587. The molecule has 0 bridgehead atoms. The topological polar surface area (TPSA) is 35.5 Å². The molecular weight excluding hydrogens is 388 g/mol. The molecule has 0 amide bonds. The van der Waals surface area contributed by atoms with Gasteiger partial charge in [-0.15, -0.1) is 0 Å². The van der Waals surface area contributed by atoms with Gasteiger partial charge in [-0.3, -0.25) is 0 Å². The number of carbonyl (C=O) groups excluding carboxylic acids is 1. The lowest BCUT2D eigenvalue weighted by Gasteiger charge is -2.50. The van der Waals surface area contributed by atoms with Crippen molar-refractivity contribution >= 4 is 14.3 Å². The molecule has 2 aliphatic rings. The van der Waals surface area contributed by atoms with Crippen LogP contribution < -0.4 is 0 Å². The molecule has 4 heteroatoms. The number of hydrogen-bond acceptors (Lipinski definition) is 3. The van der Waals surface area contributed by atoms with Crippen molar-refractivity contribution in [2.24, 2.45) is 28.6 Å². The summed E-state index contributed by atoms with van der Waals surface area (Å²) in [6.07, 6.45) is 10.7. The fraction of sp³-hybridized carbons (Fsp3) is 0.885. The van der Waals surface area contributed by atoms with E-state index in [2.05, 4.69) is 54.5 Å². The largest absolute Gasteiger partial charge is 0.463 e. The van der Waals surface area contributed by atoms with Gasteiger partial charge in [0.05, 0.1) is 6.61 Å². The first kappa shape index (κ1) is 25.6. The van der Waals surface area contributed by atoms with Crippen LogP contribution in [0.3, 0.4) is 0 Å². The first-order chi connectivity index (χ1) is 14.1. The zero-order chi connectivity index (χ0) is 22.6. The summed E-state index contributed by atoms with van der Waals surface area (Å²) in [5.74, 6) is 1.67. The summed E-state index contributed by atoms with van der Waals surface area (Å²) >= 11 is 0. The second-order valence-corrected chi connectivity index (χ2v) is 15.5. The number of hydrogen-bond donors (Lipinski definition) is 0. The molecule has 0 heterocycles. The van der Waals surface area contributed by atoms with Gasteiger partial charge in [0.2, 0.25) is 0 Å². The summed E-state index contributed by atoms with van der Waals surface area (Å²) < 4.78 is 12.2. The zero-order valence-corrected chi connectivity index (χ0v) is 22.1. The van der Waals surface area contributed by atoms with E-state index < -0.39 is 8.32 Å². The molecule has 3 nitrogen and oxygen atoms in total. The molecular formula is C26H48O3Si. The number of fused-ring (bicyclic) bond motifs is 1. The minimum absolute atomic E-state index is 0.0299. The van der Waals surface area contributed by atoms with E-state index in [0.29, 0.717) is 35.9 Å². The van der Waals surface area contributed by atoms with E-state index in [-0.39, 0.29) is 11.4 Å². The van der Waals surface area contributed by atoms with Crippen molar-refractivity contribution in [1.82, 2.24) is 0 Å². The average molecular weight is 437 g/mol. The highest BCUT2D eigenvalue weighted by Gasteiger charge is 2.55. The van der Waals surface area contributed by atoms with Gasteiger partial charge >= 0.3 is 5.97 Å². The fourth-order valence-corrected chi connectivity index (χ4v) is 9.51. The SMILES string of the molecule is CCOC(=O)/C=C/C(C)(C)[C@@H](C)C1CCC2[C@@H](O[Si](CC)(CC)CC)CCC[C@@]21C. The van der Waals surface area contributed by atoms with Crippen molar-refractivity contribution in [1.29, 1.82) is 0 Å². The lowest BCUT2D eigenvalue weighted by Crippen LogP contribution is -2.49. The van der Waals surface area contributed by atoms with E-state index in [1.165, 1.54) is 50.2 Å². The molecule has 2 aliphatic carbocycles. The van der Waals surface area contributed by atoms with Crippen LogP contribution in [-0.2, 0) is 14.0 Å². The Labute approximate surface area is 187 Å². The predicted octanol–water partition coefficient (Wildman–Crippen LogP) is 7.37. The Balaban J connectivity index is 2.18. The summed E-state index contributed by atoms with van der Waals surface area (Å²) in [6, 6.07) is 3.72. The van der Waals surface area contributed by atoms with Crippen molar-refractivity contribution < 1.29 is 14.0 Å². The molecule has 2 fully saturated rings. The van der Waals surface area contributed by atoms with Gasteiger partial charge in [-0.25, -0.2) is 4.79 Å². The van der Waals surface area contributed by atoms with Gasteiger partial charge in [-0.1, -0.05) is 61.0 Å². The maximum absolute atomic E-state index is 11.9. The van der Waals surface area contributed by atoms with Gasteiger partial charge < -0.3 is 9.16 Å². The molecule has 0 aromatic heterocycles. The van der Waals surface area contributed by atoms with E-state index in [1.54, 1.807) is 6.08 Å². The number of allylic oxidation sites excluding steroid dienone is 1. The van der Waals surface area contributed by atoms with E-state index in [4.69, 9.17) is 9.16 Å². The molecule has 0 N–H and O–H groups in total. The molecule has 2 unspecified atom stereocenters. The van der Waals surface area contributed by atoms with Gasteiger partial charge in [-0.2, -0.15) is 0 Å². The molecule has 2 saturated carbocycles. The molecule has 0 radical (unpaired) electrons. The molecule has 174 valence electrons. The molecule has 30 heavy (non-hydrogen) atoms. The standard InChI is InChI=1S/C26H48O3Si/c1-9-28-24(27)17-19-25(6,7)20(5)21-15-16-22-23(14-13-18-26(21,22)8)29-30(10-2,11-3)12-4/h17,19-23H,9-16,18H2,1-8H3/b19-17+/t20-,21?,22?,23-,26+/m0/s1. The van der Waals surface area contributed by atoms with Gasteiger partial charge in [0, 0.05) is 12.2 Å². The number of ether oxygens (including phenoxy) is 1. The van der Waals surface area contributed by atoms with Crippen LogP contribution in [0, 0.1) is 28.6 Å². The fourth-order valence-electron chi connectivity index (χ4n) is 6.59. The lowest BCUT2D eigenvalue weighted by atomic mass is 9.58. The third kappa shape index (κ3) is 5.23. The van der Waals surface area contributed by atoms with Crippen molar-refractivity contribution in [2.45, 2.75) is 112 Å². The summed E-state index contributed by atoms with van der Waals surface area (Å²) in [6.45, 7) is 18.8. The normalized spacial score (nSPS) is 31.0. The van der Waals surface area contributed by atoms with E-state index in [9.17, 15) is 4.79 Å². The van der Waals surface area contributed by atoms with Crippen molar-refractivity contribution in [3.05, 3.63) is 12.2 Å². The van der Waals surface area contributed by atoms with Crippen molar-refractivity contribution in [3.8, 4) is 0 Å². The van der Waals surface area contributed by atoms with E-state index in [0.717, 1.165) is 0 Å². The Kier molecular flexibility index (Phi) is 8.84. The second kappa shape index (κ2) is 10.3. The van der Waals surface area contributed by atoms with Crippen LogP contribution in [0.4, 0.5) is 0 Å². The quantitative estimate of drug-likeness (QED) is 0.204. The Morgan fingerprint density at radius 1 is 1.13 bits per heavy atom. The van der Waals surface area contributed by atoms with Crippen molar-refractivity contribution in [2.75, 3.05) is 6.61 Å². The lowest BCUT2D eigenvalue weighted by molar-refractivity contribution is -0.137. The van der Waals surface area contributed by atoms with Crippen LogP contribution in [0.15, 0.2) is 12.2 Å². The highest BCUT2D eigenvalue weighted by atomic mass is 28.4. The van der Waals surface area contributed by atoms with Crippen LogP contribution in [0.25, 0.3) is 0 Å². The maximum Gasteiger partial charge on any atom is 0.330 e. The molecule has 0 aromatic rings. The molecule has 0 saturated heterocycles. The Morgan fingerprint density at radius 3 is 2.33 bits per heavy atom. The monoisotopic (exact) mass is 436 g/mol. The highest BCUT2D eigenvalue weighted by molar-refractivity contribution is 6.73. The predicted molar refractivity (Wildman–Crippen MR) is 129 cm³/mol. The van der Waals surface area contributed by atoms with Crippen molar-refractivity contribution in [3.63, 3.8) is 0 Å². The van der Waals surface area contributed by atoms with Gasteiger partial charge in [0.15, 0.2) is 8.32 Å². The third-order valence-corrected chi connectivity index (χ3v) is 13.9. The summed E-state index contributed by atoms with van der Waals surface area (Å²) in [7, 11) is -1.58. The van der Waals surface area contributed by atoms with Crippen LogP contribution in [0.2, 0.25) is 18.1 Å². The van der Waals surface area contributed by atoms with Gasteiger partial charge in [0.25, 0.3) is 0 Å². The van der Waals surface area contributed by atoms with Crippen LogP contribution in [0.5, 0.6) is 0 Å².